The smallest absolute Gasteiger partial charge is 0.253 e. The number of carbonyl (C=O) groups is 1. The molecule has 2 N–H and O–H groups in total. The molecular weight excluding hydrogens is 200 g/mol. The second kappa shape index (κ2) is 4.66. The molecule has 1 heterocycles. The lowest BCUT2D eigenvalue weighted by Crippen LogP contribution is -2.23. The summed E-state index contributed by atoms with van der Waals surface area (Å²) in [6.45, 7) is 4.24. The van der Waals surface area contributed by atoms with Gasteiger partial charge in [0.2, 0.25) is 0 Å². The fraction of sp³-hybridized carbons (Fsp3) is 0.154. The van der Waals surface area contributed by atoms with Crippen LogP contribution in [0.3, 0.4) is 0 Å². The van der Waals surface area contributed by atoms with Crippen molar-refractivity contribution in [1.29, 1.82) is 0 Å². The Balaban J connectivity index is 2.19. The third-order valence-corrected chi connectivity index (χ3v) is 2.47. The topological polar surface area (TPSA) is 44.9 Å². The molecule has 1 aromatic heterocycles. The average Bonchev–Trinajstić information content (AvgIpc) is 2.73. The van der Waals surface area contributed by atoms with Crippen molar-refractivity contribution in [2.75, 3.05) is 6.54 Å². The number of aromatic amines is 1. The molecule has 0 saturated carbocycles. The molecule has 0 aliphatic rings. The van der Waals surface area contributed by atoms with Crippen LogP contribution < -0.4 is 5.32 Å². The molecule has 1 aromatic carbocycles. The van der Waals surface area contributed by atoms with Crippen LogP contribution >= 0.6 is 0 Å². The van der Waals surface area contributed by atoms with Gasteiger partial charge in [-0.15, -0.1) is 6.58 Å². The SMILES string of the molecule is C=CCCNC(=O)c1c[nH]c2ccccc12. The zero-order chi connectivity index (χ0) is 11.4. The van der Waals surface area contributed by atoms with Crippen LogP contribution in [0, 0.1) is 0 Å². The molecule has 82 valence electrons. The van der Waals surface area contributed by atoms with Crippen LogP contribution in [-0.2, 0) is 0 Å². The van der Waals surface area contributed by atoms with E-state index in [1.165, 1.54) is 0 Å². The molecule has 16 heavy (non-hydrogen) atoms. The molecule has 0 atom stereocenters. The van der Waals surface area contributed by atoms with Crippen LogP contribution in [0.2, 0.25) is 0 Å². The Morgan fingerprint density at radius 2 is 2.25 bits per heavy atom. The lowest BCUT2D eigenvalue weighted by atomic mass is 10.1. The standard InChI is InChI=1S/C13H14N2O/c1-2-3-8-14-13(16)11-9-15-12-7-5-4-6-10(11)12/h2,4-7,9,15H,1,3,8H2,(H,14,16). The van der Waals surface area contributed by atoms with E-state index >= 15 is 0 Å². The molecule has 0 fully saturated rings. The van der Waals surface area contributed by atoms with E-state index in [9.17, 15) is 4.79 Å². The van der Waals surface area contributed by atoms with E-state index in [4.69, 9.17) is 0 Å². The number of nitrogens with one attached hydrogen (secondary N) is 2. The van der Waals surface area contributed by atoms with Gasteiger partial charge in [-0.25, -0.2) is 0 Å². The van der Waals surface area contributed by atoms with Crippen molar-refractivity contribution in [1.82, 2.24) is 10.3 Å². The highest BCUT2D eigenvalue weighted by molar-refractivity contribution is 6.06. The molecule has 0 bridgehead atoms. The van der Waals surface area contributed by atoms with Gasteiger partial charge in [-0.1, -0.05) is 24.3 Å². The van der Waals surface area contributed by atoms with Crippen molar-refractivity contribution in [3.8, 4) is 0 Å². The molecule has 3 nitrogen and oxygen atoms in total. The van der Waals surface area contributed by atoms with Gasteiger partial charge in [0.25, 0.3) is 5.91 Å². The van der Waals surface area contributed by atoms with E-state index in [2.05, 4.69) is 16.9 Å². The number of benzene rings is 1. The molecule has 1 amide bonds. The maximum Gasteiger partial charge on any atom is 0.253 e. The van der Waals surface area contributed by atoms with Gasteiger partial charge in [0.05, 0.1) is 5.56 Å². The number of para-hydroxylation sites is 1. The number of rotatable bonds is 4. The minimum absolute atomic E-state index is 0.0423. The first-order valence-corrected chi connectivity index (χ1v) is 5.28. The first-order chi connectivity index (χ1) is 7.83. The number of hydrogen-bond donors (Lipinski definition) is 2. The quantitative estimate of drug-likeness (QED) is 0.596. The third kappa shape index (κ3) is 1.98. The van der Waals surface area contributed by atoms with E-state index in [0.717, 1.165) is 17.3 Å². The van der Waals surface area contributed by atoms with Crippen LogP contribution in [0.4, 0.5) is 0 Å². The highest BCUT2D eigenvalue weighted by atomic mass is 16.1. The van der Waals surface area contributed by atoms with Gasteiger partial charge < -0.3 is 10.3 Å². The summed E-state index contributed by atoms with van der Waals surface area (Å²) in [4.78, 5) is 14.9. The number of hydrogen-bond acceptors (Lipinski definition) is 1. The van der Waals surface area contributed by atoms with Crippen molar-refractivity contribution in [3.63, 3.8) is 0 Å². The molecule has 0 aliphatic heterocycles. The Hall–Kier alpha value is -2.03. The summed E-state index contributed by atoms with van der Waals surface area (Å²) in [6.07, 6.45) is 4.32. The van der Waals surface area contributed by atoms with Gasteiger partial charge >= 0.3 is 0 Å². The number of carbonyl (C=O) groups excluding carboxylic acids is 1. The Morgan fingerprint density at radius 3 is 3.06 bits per heavy atom. The van der Waals surface area contributed by atoms with Crippen molar-refractivity contribution < 1.29 is 4.79 Å². The summed E-state index contributed by atoms with van der Waals surface area (Å²) >= 11 is 0. The Bertz CT molecular complexity index is 513. The zero-order valence-corrected chi connectivity index (χ0v) is 8.99. The highest BCUT2D eigenvalue weighted by Crippen LogP contribution is 2.17. The lowest BCUT2D eigenvalue weighted by Gasteiger charge is -2.01. The average molecular weight is 214 g/mol. The summed E-state index contributed by atoms with van der Waals surface area (Å²) in [5, 5.41) is 3.80. The molecule has 0 unspecified atom stereocenters. The lowest BCUT2D eigenvalue weighted by molar-refractivity contribution is 0.0956. The molecule has 0 saturated heterocycles. The summed E-state index contributed by atoms with van der Waals surface area (Å²) in [7, 11) is 0. The molecule has 0 aliphatic carbocycles. The minimum atomic E-state index is -0.0423. The molecule has 0 spiro atoms. The third-order valence-electron chi connectivity index (χ3n) is 2.47. The normalized spacial score (nSPS) is 10.2. The number of amides is 1. The highest BCUT2D eigenvalue weighted by Gasteiger charge is 2.09. The second-order valence-electron chi connectivity index (χ2n) is 3.58. The van der Waals surface area contributed by atoms with Gasteiger partial charge in [0.1, 0.15) is 0 Å². The Morgan fingerprint density at radius 1 is 1.44 bits per heavy atom. The van der Waals surface area contributed by atoms with Gasteiger partial charge in [-0.05, 0) is 12.5 Å². The van der Waals surface area contributed by atoms with Gasteiger partial charge in [-0.3, -0.25) is 4.79 Å². The van der Waals surface area contributed by atoms with E-state index in [1.54, 1.807) is 12.3 Å². The second-order valence-corrected chi connectivity index (χ2v) is 3.58. The number of fused-ring (bicyclic) bond motifs is 1. The molecule has 2 aromatic rings. The van der Waals surface area contributed by atoms with Gasteiger partial charge in [0.15, 0.2) is 0 Å². The number of aromatic nitrogens is 1. The summed E-state index contributed by atoms with van der Waals surface area (Å²) < 4.78 is 0. The molecular formula is C13H14N2O. The predicted molar refractivity (Wildman–Crippen MR) is 65.4 cm³/mol. The van der Waals surface area contributed by atoms with Gasteiger partial charge in [0, 0.05) is 23.6 Å². The summed E-state index contributed by atoms with van der Waals surface area (Å²) in [6, 6.07) is 7.76. The van der Waals surface area contributed by atoms with E-state index < -0.39 is 0 Å². The van der Waals surface area contributed by atoms with Crippen LogP contribution in [0.25, 0.3) is 10.9 Å². The van der Waals surface area contributed by atoms with E-state index in [-0.39, 0.29) is 5.91 Å². The van der Waals surface area contributed by atoms with Crippen LogP contribution in [-0.4, -0.2) is 17.4 Å². The van der Waals surface area contributed by atoms with Gasteiger partial charge in [-0.2, -0.15) is 0 Å². The van der Waals surface area contributed by atoms with Crippen molar-refractivity contribution >= 4 is 16.8 Å². The fourth-order valence-electron chi connectivity index (χ4n) is 1.64. The largest absolute Gasteiger partial charge is 0.360 e. The summed E-state index contributed by atoms with van der Waals surface area (Å²) in [5.41, 5.74) is 1.68. The first kappa shape index (κ1) is 10.5. The Kier molecular flexibility index (Phi) is 3.05. The maximum absolute atomic E-state index is 11.8. The van der Waals surface area contributed by atoms with Crippen molar-refractivity contribution in [3.05, 3.63) is 48.7 Å². The van der Waals surface area contributed by atoms with Crippen LogP contribution in [0.15, 0.2) is 43.1 Å². The maximum atomic E-state index is 11.8. The molecule has 3 heteroatoms. The van der Waals surface area contributed by atoms with Crippen LogP contribution in [0.5, 0.6) is 0 Å². The Labute approximate surface area is 94.2 Å². The zero-order valence-electron chi connectivity index (χ0n) is 8.99. The predicted octanol–water partition coefficient (Wildman–Crippen LogP) is 2.47. The van der Waals surface area contributed by atoms with E-state index in [1.807, 2.05) is 24.3 Å². The summed E-state index contributed by atoms with van der Waals surface area (Å²) in [5.74, 6) is -0.0423. The fourth-order valence-corrected chi connectivity index (χ4v) is 1.64. The molecule has 2 rings (SSSR count). The van der Waals surface area contributed by atoms with E-state index in [0.29, 0.717) is 12.1 Å². The van der Waals surface area contributed by atoms with Crippen LogP contribution in [0.1, 0.15) is 16.8 Å². The minimum Gasteiger partial charge on any atom is -0.360 e. The van der Waals surface area contributed by atoms with Crippen molar-refractivity contribution in [2.24, 2.45) is 0 Å². The van der Waals surface area contributed by atoms with Crippen molar-refractivity contribution in [2.45, 2.75) is 6.42 Å². The monoisotopic (exact) mass is 214 g/mol. The first-order valence-electron chi connectivity index (χ1n) is 5.28. The number of H-pyrrole nitrogens is 1. The molecule has 0 radical (unpaired) electrons.